The minimum absolute atomic E-state index is 0.352. The van der Waals surface area contributed by atoms with Crippen molar-refractivity contribution in [1.82, 2.24) is 9.97 Å². The summed E-state index contributed by atoms with van der Waals surface area (Å²) in [7, 11) is 1.37. The van der Waals surface area contributed by atoms with Gasteiger partial charge in [-0.05, 0) is 48.6 Å². The number of rotatable bonds is 8. The van der Waals surface area contributed by atoms with E-state index in [0.717, 1.165) is 29.2 Å². The van der Waals surface area contributed by atoms with Crippen molar-refractivity contribution < 1.29 is 19.0 Å². The molecule has 2 aromatic carbocycles. The van der Waals surface area contributed by atoms with Gasteiger partial charge in [-0.15, -0.1) is 0 Å². The normalized spacial score (nSPS) is 13.0. The summed E-state index contributed by atoms with van der Waals surface area (Å²) in [6.45, 7) is 1.11. The van der Waals surface area contributed by atoms with Gasteiger partial charge in [0.15, 0.2) is 0 Å². The molecular formula is C23H22N2O4. The van der Waals surface area contributed by atoms with Crippen LogP contribution in [0.5, 0.6) is 11.6 Å². The zero-order valence-corrected chi connectivity index (χ0v) is 16.2. The Hall–Kier alpha value is -3.41. The molecule has 1 aromatic heterocycles. The second-order valence-corrected chi connectivity index (χ2v) is 7.00. The number of methoxy groups -OCH3 is 1. The van der Waals surface area contributed by atoms with Gasteiger partial charge in [0.25, 0.3) is 0 Å². The van der Waals surface area contributed by atoms with E-state index in [1.54, 1.807) is 24.5 Å². The highest BCUT2D eigenvalue weighted by atomic mass is 16.5. The number of carbonyl (C=O) groups excluding carboxylic acids is 1. The van der Waals surface area contributed by atoms with Crippen LogP contribution in [0.15, 0.2) is 60.9 Å². The van der Waals surface area contributed by atoms with Gasteiger partial charge in [-0.2, -0.15) is 0 Å². The van der Waals surface area contributed by atoms with E-state index in [2.05, 4.69) is 9.97 Å². The molecule has 3 aromatic rings. The molecule has 1 fully saturated rings. The topological polar surface area (TPSA) is 70.5 Å². The first kappa shape index (κ1) is 18.9. The van der Waals surface area contributed by atoms with Crippen molar-refractivity contribution in [3.05, 3.63) is 72.1 Å². The summed E-state index contributed by atoms with van der Waals surface area (Å²) in [5, 5.41) is 0. The number of hydrogen-bond donors (Lipinski definition) is 0. The summed E-state index contributed by atoms with van der Waals surface area (Å²) in [6.07, 6.45) is 5.86. The standard InChI is InChI=1S/C23H22N2O4/c1-27-23(26)18-9-7-17(8-10-18)14-28-20-4-2-3-19(11-20)21-12-25-22(13-24-21)29-15-16-5-6-16/h2-4,7-13,16H,5-6,14-15H2,1H3. The molecule has 0 aliphatic heterocycles. The summed E-state index contributed by atoms with van der Waals surface area (Å²) in [6, 6.07) is 14.9. The van der Waals surface area contributed by atoms with Crippen LogP contribution in [-0.2, 0) is 11.3 Å². The first-order chi connectivity index (χ1) is 14.2. The average Bonchev–Trinajstić information content (AvgIpc) is 3.61. The lowest BCUT2D eigenvalue weighted by Crippen LogP contribution is -2.02. The Balaban J connectivity index is 1.37. The molecule has 6 heteroatoms. The van der Waals surface area contributed by atoms with Gasteiger partial charge >= 0.3 is 5.97 Å². The maximum Gasteiger partial charge on any atom is 0.337 e. The van der Waals surface area contributed by atoms with Gasteiger partial charge in [0.1, 0.15) is 12.4 Å². The highest BCUT2D eigenvalue weighted by Gasteiger charge is 2.22. The molecule has 0 N–H and O–H groups in total. The third kappa shape index (κ3) is 5.10. The van der Waals surface area contributed by atoms with Crippen molar-refractivity contribution >= 4 is 5.97 Å². The lowest BCUT2D eigenvalue weighted by atomic mass is 10.1. The molecule has 0 saturated heterocycles. The molecular weight excluding hydrogens is 368 g/mol. The van der Waals surface area contributed by atoms with Gasteiger partial charge in [-0.1, -0.05) is 24.3 Å². The van der Waals surface area contributed by atoms with E-state index >= 15 is 0 Å². The van der Waals surface area contributed by atoms with Crippen LogP contribution in [0.3, 0.4) is 0 Å². The Morgan fingerprint density at radius 2 is 1.86 bits per heavy atom. The number of hydrogen-bond acceptors (Lipinski definition) is 6. The fourth-order valence-corrected chi connectivity index (χ4v) is 2.79. The maximum atomic E-state index is 11.5. The van der Waals surface area contributed by atoms with E-state index in [4.69, 9.17) is 14.2 Å². The number of aromatic nitrogens is 2. The predicted octanol–water partition coefficient (Wildman–Crippen LogP) is 4.30. The lowest BCUT2D eigenvalue weighted by molar-refractivity contribution is 0.0600. The fraction of sp³-hybridized carbons (Fsp3) is 0.261. The second kappa shape index (κ2) is 8.73. The molecule has 148 valence electrons. The summed E-state index contributed by atoms with van der Waals surface area (Å²) >= 11 is 0. The Labute approximate surface area is 169 Å². The largest absolute Gasteiger partial charge is 0.489 e. The molecule has 1 aliphatic rings. The first-order valence-corrected chi connectivity index (χ1v) is 9.56. The van der Waals surface area contributed by atoms with Crippen LogP contribution >= 0.6 is 0 Å². The Morgan fingerprint density at radius 3 is 2.55 bits per heavy atom. The van der Waals surface area contributed by atoms with Gasteiger partial charge in [0.05, 0.1) is 37.4 Å². The number of ether oxygens (including phenoxy) is 3. The number of benzene rings is 2. The molecule has 0 radical (unpaired) electrons. The van der Waals surface area contributed by atoms with E-state index in [1.165, 1.54) is 20.0 Å². The predicted molar refractivity (Wildman–Crippen MR) is 108 cm³/mol. The third-order valence-electron chi connectivity index (χ3n) is 4.70. The molecule has 0 unspecified atom stereocenters. The SMILES string of the molecule is COC(=O)c1ccc(COc2cccc(-c3cnc(OCC4CC4)cn3)c2)cc1. The number of esters is 1. The number of carbonyl (C=O) groups is 1. The minimum Gasteiger partial charge on any atom is -0.489 e. The van der Waals surface area contributed by atoms with Crippen molar-refractivity contribution in [3.63, 3.8) is 0 Å². The van der Waals surface area contributed by atoms with Gasteiger partial charge in [-0.3, -0.25) is 0 Å². The zero-order valence-electron chi connectivity index (χ0n) is 16.2. The maximum absolute atomic E-state index is 11.5. The Morgan fingerprint density at radius 1 is 1.03 bits per heavy atom. The quantitative estimate of drug-likeness (QED) is 0.534. The van der Waals surface area contributed by atoms with Crippen molar-refractivity contribution in [2.24, 2.45) is 5.92 Å². The smallest absolute Gasteiger partial charge is 0.337 e. The molecule has 0 atom stereocenters. The van der Waals surface area contributed by atoms with E-state index in [1.807, 2.05) is 36.4 Å². The highest BCUT2D eigenvalue weighted by molar-refractivity contribution is 5.89. The minimum atomic E-state index is -0.352. The van der Waals surface area contributed by atoms with Crippen LogP contribution in [0.1, 0.15) is 28.8 Å². The van der Waals surface area contributed by atoms with Crippen molar-refractivity contribution in [2.75, 3.05) is 13.7 Å². The van der Waals surface area contributed by atoms with Crippen molar-refractivity contribution in [2.45, 2.75) is 19.4 Å². The second-order valence-electron chi connectivity index (χ2n) is 7.00. The molecule has 6 nitrogen and oxygen atoms in total. The molecule has 0 amide bonds. The van der Waals surface area contributed by atoms with Crippen LogP contribution in [0.2, 0.25) is 0 Å². The molecule has 1 heterocycles. The van der Waals surface area contributed by atoms with Crippen LogP contribution in [0.25, 0.3) is 11.3 Å². The van der Waals surface area contributed by atoms with E-state index in [9.17, 15) is 4.79 Å². The van der Waals surface area contributed by atoms with Crippen molar-refractivity contribution in [1.29, 1.82) is 0 Å². The van der Waals surface area contributed by atoms with Gasteiger partial charge in [-0.25, -0.2) is 14.8 Å². The summed E-state index contributed by atoms with van der Waals surface area (Å²) in [4.78, 5) is 20.3. The van der Waals surface area contributed by atoms with E-state index < -0.39 is 0 Å². The monoisotopic (exact) mass is 390 g/mol. The molecule has 1 saturated carbocycles. The van der Waals surface area contributed by atoms with Crippen LogP contribution < -0.4 is 9.47 Å². The molecule has 29 heavy (non-hydrogen) atoms. The summed E-state index contributed by atoms with van der Waals surface area (Å²) in [5.74, 6) is 1.62. The summed E-state index contributed by atoms with van der Waals surface area (Å²) < 4.78 is 16.2. The third-order valence-corrected chi connectivity index (χ3v) is 4.70. The highest BCUT2D eigenvalue weighted by Crippen LogP contribution is 2.29. The van der Waals surface area contributed by atoms with Crippen LogP contribution in [-0.4, -0.2) is 29.7 Å². The molecule has 1 aliphatic carbocycles. The zero-order chi connectivity index (χ0) is 20.1. The van der Waals surface area contributed by atoms with E-state index in [0.29, 0.717) is 24.0 Å². The molecule has 0 bridgehead atoms. The lowest BCUT2D eigenvalue weighted by Gasteiger charge is -2.09. The Bertz CT molecular complexity index is 967. The van der Waals surface area contributed by atoms with Gasteiger partial charge in [0.2, 0.25) is 5.88 Å². The Kier molecular flexibility index (Phi) is 5.70. The molecule has 0 spiro atoms. The van der Waals surface area contributed by atoms with Gasteiger partial charge in [0, 0.05) is 5.56 Å². The van der Waals surface area contributed by atoms with E-state index in [-0.39, 0.29) is 5.97 Å². The van der Waals surface area contributed by atoms with Crippen LogP contribution in [0, 0.1) is 5.92 Å². The molecule has 4 rings (SSSR count). The average molecular weight is 390 g/mol. The fourth-order valence-electron chi connectivity index (χ4n) is 2.79. The summed E-state index contributed by atoms with van der Waals surface area (Å²) in [5.41, 5.74) is 3.16. The van der Waals surface area contributed by atoms with Crippen LogP contribution in [0.4, 0.5) is 0 Å². The van der Waals surface area contributed by atoms with Crippen molar-refractivity contribution in [3.8, 4) is 22.9 Å². The first-order valence-electron chi connectivity index (χ1n) is 9.56. The van der Waals surface area contributed by atoms with Gasteiger partial charge < -0.3 is 14.2 Å². The number of nitrogens with zero attached hydrogens (tertiary/aromatic N) is 2.